The van der Waals surface area contributed by atoms with Crippen molar-refractivity contribution in [2.45, 2.75) is 142 Å². The second-order valence-corrected chi connectivity index (χ2v) is 9.68. The van der Waals surface area contributed by atoms with Crippen molar-refractivity contribution in [3.8, 4) is 11.5 Å². The molecule has 3 heteroatoms. The van der Waals surface area contributed by atoms with Crippen LogP contribution >= 0.6 is 11.3 Å². The topological polar surface area (TPSA) is 18.5 Å². The molecule has 0 saturated carbocycles. The fourth-order valence-electron chi connectivity index (χ4n) is 4.37. The maximum atomic E-state index is 6.35. The van der Waals surface area contributed by atoms with Gasteiger partial charge >= 0.3 is 0 Å². The molecule has 1 aliphatic rings. The first kappa shape index (κ1) is 24.6. The summed E-state index contributed by atoms with van der Waals surface area (Å²) in [5.41, 5.74) is 0. The van der Waals surface area contributed by atoms with E-state index >= 15 is 0 Å². The van der Waals surface area contributed by atoms with Gasteiger partial charge in [0.05, 0.1) is 0 Å². The minimum absolute atomic E-state index is 0.252. The molecule has 2 atom stereocenters. The van der Waals surface area contributed by atoms with Crippen LogP contribution in [-0.4, -0.2) is 12.2 Å². The first-order valence-corrected chi connectivity index (χ1v) is 13.7. The van der Waals surface area contributed by atoms with Gasteiger partial charge in [0.25, 0.3) is 0 Å². The highest BCUT2D eigenvalue weighted by molar-refractivity contribution is 7.08. The van der Waals surface area contributed by atoms with Gasteiger partial charge in [0, 0.05) is 10.8 Å². The molecule has 1 aromatic heterocycles. The predicted molar refractivity (Wildman–Crippen MR) is 128 cm³/mol. The summed E-state index contributed by atoms with van der Waals surface area (Å²) in [6.07, 6.45) is 24.7. The third kappa shape index (κ3) is 10.2. The van der Waals surface area contributed by atoms with Gasteiger partial charge in [0.15, 0.2) is 11.5 Å². The summed E-state index contributed by atoms with van der Waals surface area (Å²) >= 11 is 1.69. The summed E-state index contributed by atoms with van der Waals surface area (Å²) < 4.78 is 12.7. The van der Waals surface area contributed by atoms with Crippen LogP contribution in [0.15, 0.2) is 10.8 Å². The third-order valence-electron chi connectivity index (χ3n) is 6.25. The highest BCUT2D eigenvalue weighted by atomic mass is 32.1. The maximum Gasteiger partial charge on any atom is 0.172 e. The van der Waals surface area contributed by atoms with Gasteiger partial charge in [0.2, 0.25) is 0 Å². The van der Waals surface area contributed by atoms with Crippen molar-refractivity contribution in [2.24, 2.45) is 0 Å². The van der Waals surface area contributed by atoms with Gasteiger partial charge in [0.1, 0.15) is 12.2 Å². The average Bonchev–Trinajstić information content (AvgIpc) is 3.19. The van der Waals surface area contributed by atoms with E-state index in [1.54, 1.807) is 11.3 Å². The van der Waals surface area contributed by atoms with E-state index in [1.807, 2.05) is 0 Å². The summed E-state index contributed by atoms with van der Waals surface area (Å²) in [5.74, 6) is 1.96. The van der Waals surface area contributed by atoms with Gasteiger partial charge in [-0.1, -0.05) is 104 Å². The van der Waals surface area contributed by atoms with Gasteiger partial charge in [-0.25, -0.2) is 0 Å². The van der Waals surface area contributed by atoms with Crippen molar-refractivity contribution < 1.29 is 9.47 Å². The van der Waals surface area contributed by atoms with Crippen molar-refractivity contribution >= 4 is 11.3 Å². The van der Waals surface area contributed by atoms with Crippen molar-refractivity contribution in [3.05, 3.63) is 10.8 Å². The fraction of sp³-hybridized carbons (Fsp3) is 0.846. The van der Waals surface area contributed by atoms with E-state index in [0.717, 1.165) is 24.3 Å². The van der Waals surface area contributed by atoms with Crippen LogP contribution in [0.4, 0.5) is 0 Å². The van der Waals surface area contributed by atoms with Crippen LogP contribution in [0.3, 0.4) is 0 Å². The lowest BCUT2D eigenvalue weighted by atomic mass is 9.98. The molecule has 0 N–H and O–H groups in total. The van der Waals surface area contributed by atoms with Crippen molar-refractivity contribution in [3.63, 3.8) is 0 Å². The lowest BCUT2D eigenvalue weighted by Crippen LogP contribution is -2.39. The van der Waals surface area contributed by atoms with E-state index in [1.165, 1.54) is 103 Å². The maximum absolute atomic E-state index is 6.35. The van der Waals surface area contributed by atoms with Crippen molar-refractivity contribution in [2.75, 3.05) is 0 Å². The standard InChI is InChI=1S/C26H46O2S/c1-3-5-7-9-11-13-15-17-19-23-24(28-26-22-29-21-25(26)27-23)20-18-16-14-12-10-8-6-4-2/h21-24H,3-20H2,1-2H3. The monoisotopic (exact) mass is 422 g/mol. The second-order valence-electron chi connectivity index (χ2n) is 8.94. The van der Waals surface area contributed by atoms with E-state index in [4.69, 9.17) is 9.47 Å². The van der Waals surface area contributed by atoms with Crippen molar-refractivity contribution in [1.82, 2.24) is 0 Å². The molecule has 0 radical (unpaired) electrons. The summed E-state index contributed by atoms with van der Waals surface area (Å²) in [4.78, 5) is 0. The average molecular weight is 423 g/mol. The van der Waals surface area contributed by atoms with Crippen LogP contribution in [0.2, 0.25) is 0 Å². The van der Waals surface area contributed by atoms with Gasteiger partial charge in [-0.15, -0.1) is 11.3 Å². The van der Waals surface area contributed by atoms with Gasteiger partial charge in [-0.05, 0) is 25.7 Å². The number of rotatable bonds is 18. The number of hydrogen-bond donors (Lipinski definition) is 0. The molecule has 0 amide bonds. The van der Waals surface area contributed by atoms with E-state index in [2.05, 4.69) is 24.6 Å². The van der Waals surface area contributed by atoms with Crippen LogP contribution in [0, 0.1) is 0 Å². The molecule has 2 heterocycles. The van der Waals surface area contributed by atoms with E-state index in [0.29, 0.717) is 0 Å². The minimum Gasteiger partial charge on any atom is -0.482 e. The smallest absolute Gasteiger partial charge is 0.172 e. The quantitative estimate of drug-likeness (QED) is 0.219. The van der Waals surface area contributed by atoms with Crippen molar-refractivity contribution in [1.29, 1.82) is 0 Å². The first-order valence-electron chi connectivity index (χ1n) is 12.7. The SMILES string of the molecule is CCCCCCCCCCC1Oc2cscc2OC1CCCCCCCCCC. The zero-order valence-corrected chi connectivity index (χ0v) is 20.1. The molecule has 0 bridgehead atoms. The Morgan fingerprint density at radius 2 is 0.897 bits per heavy atom. The summed E-state index contributed by atoms with van der Waals surface area (Å²) in [6, 6.07) is 0. The van der Waals surface area contributed by atoms with Gasteiger partial charge in [-0.2, -0.15) is 0 Å². The molecular formula is C26H46O2S. The molecule has 0 fully saturated rings. The van der Waals surface area contributed by atoms with E-state index in [9.17, 15) is 0 Å². The van der Waals surface area contributed by atoms with Gasteiger partial charge < -0.3 is 9.47 Å². The normalized spacial score (nSPS) is 18.3. The Kier molecular flexibility index (Phi) is 13.6. The van der Waals surface area contributed by atoms with Crippen LogP contribution in [0.5, 0.6) is 11.5 Å². The molecule has 2 unspecified atom stereocenters. The molecule has 2 nitrogen and oxygen atoms in total. The fourth-order valence-corrected chi connectivity index (χ4v) is 5.03. The third-order valence-corrected chi connectivity index (χ3v) is 6.95. The lowest BCUT2D eigenvalue weighted by molar-refractivity contribution is 0.00988. The molecule has 0 spiro atoms. The summed E-state index contributed by atoms with van der Waals surface area (Å²) in [5, 5.41) is 4.20. The molecule has 168 valence electrons. The number of hydrogen-bond acceptors (Lipinski definition) is 3. The molecule has 1 aliphatic heterocycles. The molecular weight excluding hydrogens is 376 g/mol. The molecule has 0 aliphatic carbocycles. The Balaban J connectivity index is 1.62. The number of thiophene rings is 1. The molecule has 2 rings (SSSR count). The predicted octanol–water partition coefficient (Wildman–Crippen LogP) is 9.32. The molecule has 0 aromatic carbocycles. The second kappa shape index (κ2) is 16.1. The molecule has 29 heavy (non-hydrogen) atoms. The van der Waals surface area contributed by atoms with E-state index in [-0.39, 0.29) is 12.2 Å². The Morgan fingerprint density at radius 1 is 0.552 bits per heavy atom. The summed E-state index contributed by atoms with van der Waals surface area (Å²) in [7, 11) is 0. The zero-order valence-electron chi connectivity index (χ0n) is 19.3. The first-order chi connectivity index (χ1) is 14.3. The minimum atomic E-state index is 0.252. The van der Waals surface area contributed by atoms with E-state index < -0.39 is 0 Å². The Labute approximate surface area is 184 Å². The van der Waals surface area contributed by atoms with Crippen LogP contribution in [0.25, 0.3) is 0 Å². The van der Waals surface area contributed by atoms with Crippen LogP contribution in [-0.2, 0) is 0 Å². The van der Waals surface area contributed by atoms with Gasteiger partial charge in [-0.3, -0.25) is 0 Å². The largest absolute Gasteiger partial charge is 0.482 e. The molecule has 0 saturated heterocycles. The Bertz CT molecular complexity index is 456. The highest BCUT2D eigenvalue weighted by Gasteiger charge is 2.31. The Morgan fingerprint density at radius 3 is 1.28 bits per heavy atom. The summed E-state index contributed by atoms with van der Waals surface area (Å²) in [6.45, 7) is 4.57. The Hall–Kier alpha value is -0.700. The molecule has 1 aromatic rings. The number of unbranched alkanes of at least 4 members (excludes halogenated alkanes) is 14. The van der Waals surface area contributed by atoms with Crippen LogP contribution < -0.4 is 9.47 Å². The highest BCUT2D eigenvalue weighted by Crippen LogP contribution is 2.39. The number of fused-ring (bicyclic) bond motifs is 1. The zero-order chi connectivity index (χ0) is 20.6. The number of ether oxygens (including phenoxy) is 2. The van der Waals surface area contributed by atoms with Crippen LogP contribution in [0.1, 0.15) is 129 Å². The lowest BCUT2D eigenvalue weighted by Gasteiger charge is -2.33.